The number of aryl methyl sites for hydroxylation is 1. The summed E-state index contributed by atoms with van der Waals surface area (Å²) in [5.74, 6) is 6.65. The summed E-state index contributed by atoms with van der Waals surface area (Å²) in [6.07, 6.45) is 6.36. The molecule has 1 saturated carbocycles. The first kappa shape index (κ1) is 17.6. The molecule has 128 valence electrons. The third kappa shape index (κ3) is 4.59. The van der Waals surface area contributed by atoms with E-state index in [0.29, 0.717) is 29.8 Å². The highest BCUT2D eigenvalue weighted by Gasteiger charge is 2.17. The van der Waals surface area contributed by atoms with Crippen LogP contribution in [0.25, 0.3) is 5.70 Å². The second kappa shape index (κ2) is 8.17. The molecule has 1 aromatic rings. The van der Waals surface area contributed by atoms with Crippen molar-refractivity contribution >= 4 is 5.70 Å². The lowest BCUT2D eigenvalue weighted by atomic mass is 9.98. The summed E-state index contributed by atoms with van der Waals surface area (Å²) in [6.45, 7) is 2.27. The SMILES string of the molecule is COC/C(=C(/N)c1ccc(OC2CCCCC2)c(C)n1)N(C)N. The molecule has 1 aliphatic rings. The van der Waals surface area contributed by atoms with Crippen LogP contribution in [-0.4, -0.2) is 36.9 Å². The summed E-state index contributed by atoms with van der Waals surface area (Å²) in [5, 5.41) is 1.46. The van der Waals surface area contributed by atoms with E-state index in [1.54, 1.807) is 14.2 Å². The molecule has 0 amide bonds. The predicted molar refractivity (Wildman–Crippen MR) is 91.4 cm³/mol. The molecule has 1 heterocycles. The number of likely N-dealkylation sites (N-methyl/N-ethyl adjacent to an activating group) is 1. The van der Waals surface area contributed by atoms with Gasteiger partial charge in [0.25, 0.3) is 0 Å². The van der Waals surface area contributed by atoms with Gasteiger partial charge in [0.2, 0.25) is 0 Å². The van der Waals surface area contributed by atoms with Crippen LogP contribution < -0.4 is 16.3 Å². The molecule has 0 radical (unpaired) electrons. The van der Waals surface area contributed by atoms with E-state index in [-0.39, 0.29) is 0 Å². The van der Waals surface area contributed by atoms with Crippen LogP contribution in [0.1, 0.15) is 43.5 Å². The Balaban J connectivity index is 2.18. The monoisotopic (exact) mass is 320 g/mol. The molecule has 23 heavy (non-hydrogen) atoms. The third-order valence-electron chi connectivity index (χ3n) is 4.18. The summed E-state index contributed by atoms with van der Waals surface area (Å²) in [4.78, 5) is 4.58. The lowest BCUT2D eigenvalue weighted by molar-refractivity contribution is 0.153. The van der Waals surface area contributed by atoms with Gasteiger partial charge in [-0.25, -0.2) is 10.8 Å². The summed E-state index contributed by atoms with van der Waals surface area (Å²) in [7, 11) is 3.34. The van der Waals surface area contributed by atoms with Crippen LogP contribution >= 0.6 is 0 Å². The van der Waals surface area contributed by atoms with Crippen LogP contribution in [0, 0.1) is 6.92 Å². The average Bonchev–Trinajstić information content (AvgIpc) is 2.54. The summed E-state index contributed by atoms with van der Waals surface area (Å²) in [6, 6.07) is 3.82. The fourth-order valence-electron chi connectivity index (χ4n) is 2.84. The third-order valence-corrected chi connectivity index (χ3v) is 4.18. The number of methoxy groups -OCH3 is 1. The summed E-state index contributed by atoms with van der Waals surface area (Å²) < 4.78 is 11.2. The zero-order chi connectivity index (χ0) is 16.8. The highest BCUT2D eigenvalue weighted by Crippen LogP contribution is 2.26. The quantitative estimate of drug-likeness (QED) is 0.617. The minimum absolute atomic E-state index is 0.308. The number of rotatable bonds is 6. The van der Waals surface area contributed by atoms with Crippen molar-refractivity contribution in [3.63, 3.8) is 0 Å². The largest absolute Gasteiger partial charge is 0.489 e. The Morgan fingerprint density at radius 2 is 2.00 bits per heavy atom. The molecule has 0 saturated heterocycles. The van der Waals surface area contributed by atoms with E-state index < -0.39 is 0 Å². The standard InChI is InChI=1S/C17H28N4O2/c1-12-16(23-13-7-5-4-6-8-13)10-9-14(20-12)17(18)15(11-22-3)21(2)19/h9-10,13H,4-8,11,18-19H2,1-3H3/b17-15-. The van der Waals surface area contributed by atoms with Crippen LogP contribution in [0.3, 0.4) is 0 Å². The highest BCUT2D eigenvalue weighted by molar-refractivity contribution is 5.63. The van der Waals surface area contributed by atoms with Crippen molar-refractivity contribution in [2.75, 3.05) is 20.8 Å². The average molecular weight is 320 g/mol. The molecule has 4 N–H and O–H groups in total. The van der Waals surface area contributed by atoms with Gasteiger partial charge in [0, 0.05) is 14.2 Å². The Labute approximate surface area is 138 Å². The maximum Gasteiger partial charge on any atom is 0.140 e. The maximum atomic E-state index is 6.20. The zero-order valence-electron chi connectivity index (χ0n) is 14.3. The number of hydrogen-bond donors (Lipinski definition) is 2. The van der Waals surface area contributed by atoms with E-state index >= 15 is 0 Å². The lowest BCUT2D eigenvalue weighted by Crippen LogP contribution is -2.30. The molecule has 6 heteroatoms. The van der Waals surface area contributed by atoms with Crippen molar-refractivity contribution in [1.29, 1.82) is 0 Å². The van der Waals surface area contributed by atoms with Gasteiger partial charge in [-0.3, -0.25) is 0 Å². The van der Waals surface area contributed by atoms with Crippen molar-refractivity contribution in [3.8, 4) is 5.75 Å². The van der Waals surface area contributed by atoms with Crippen molar-refractivity contribution in [3.05, 3.63) is 29.2 Å². The molecule has 1 aromatic heterocycles. The van der Waals surface area contributed by atoms with Crippen LogP contribution in [-0.2, 0) is 4.74 Å². The second-order valence-electron chi connectivity index (χ2n) is 6.06. The predicted octanol–water partition coefficient (Wildman–Crippen LogP) is 2.18. The topological polar surface area (TPSA) is 86.6 Å². The number of pyridine rings is 1. The van der Waals surface area contributed by atoms with E-state index in [1.807, 2.05) is 19.1 Å². The lowest BCUT2D eigenvalue weighted by Gasteiger charge is -2.24. The molecule has 6 nitrogen and oxygen atoms in total. The maximum absolute atomic E-state index is 6.20. The second-order valence-corrected chi connectivity index (χ2v) is 6.06. The fourth-order valence-corrected chi connectivity index (χ4v) is 2.84. The van der Waals surface area contributed by atoms with E-state index in [4.69, 9.17) is 21.1 Å². The molecular formula is C17H28N4O2. The van der Waals surface area contributed by atoms with Crippen molar-refractivity contribution in [1.82, 2.24) is 9.99 Å². The van der Waals surface area contributed by atoms with Crippen LogP contribution in [0.5, 0.6) is 5.75 Å². The normalized spacial score (nSPS) is 16.9. The fraction of sp³-hybridized carbons (Fsp3) is 0.588. The van der Waals surface area contributed by atoms with Gasteiger partial charge in [0.05, 0.1) is 35.5 Å². The van der Waals surface area contributed by atoms with Gasteiger partial charge in [-0.15, -0.1) is 0 Å². The number of aromatic nitrogens is 1. The minimum atomic E-state index is 0.308. The molecule has 2 rings (SSSR count). The number of nitrogens with two attached hydrogens (primary N) is 2. The van der Waals surface area contributed by atoms with Gasteiger partial charge >= 0.3 is 0 Å². The summed E-state index contributed by atoms with van der Waals surface area (Å²) >= 11 is 0. The number of hydrogen-bond acceptors (Lipinski definition) is 6. The van der Waals surface area contributed by atoms with E-state index in [2.05, 4.69) is 4.98 Å². The van der Waals surface area contributed by atoms with Crippen molar-refractivity contribution in [2.45, 2.75) is 45.1 Å². The van der Waals surface area contributed by atoms with Gasteiger partial charge < -0.3 is 20.2 Å². The Kier molecular flexibility index (Phi) is 6.24. The molecule has 0 atom stereocenters. The van der Waals surface area contributed by atoms with Crippen molar-refractivity contribution in [2.24, 2.45) is 11.6 Å². The van der Waals surface area contributed by atoms with Gasteiger partial charge in [-0.05, 0) is 44.7 Å². The first-order valence-electron chi connectivity index (χ1n) is 8.13. The number of ether oxygens (including phenoxy) is 2. The zero-order valence-corrected chi connectivity index (χ0v) is 14.3. The molecule has 0 bridgehead atoms. The van der Waals surface area contributed by atoms with Gasteiger partial charge in [-0.1, -0.05) is 6.42 Å². The smallest absolute Gasteiger partial charge is 0.140 e. The Morgan fingerprint density at radius 1 is 1.30 bits per heavy atom. The number of nitrogens with zero attached hydrogens (tertiary/aromatic N) is 2. The Bertz CT molecular complexity index is 552. The summed E-state index contributed by atoms with van der Waals surface area (Å²) in [5.41, 5.74) is 8.94. The molecule has 0 spiro atoms. The van der Waals surface area contributed by atoms with Crippen LogP contribution in [0.2, 0.25) is 0 Å². The number of hydrazine groups is 1. The molecule has 1 fully saturated rings. The molecule has 0 unspecified atom stereocenters. The Hall–Kier alpha value is -1.79. The Morgan fingerprint density at radius 3 is 2.57 bits per heavy atom. The van der Waals surface area contributed by atoms with Crippen molar-refractivity contribution < 1.29 is 9.47 Å². The van der Waals surface area contributed by atoms with Crippen LogP contribution in [0.4, 0.5) is 0 Å². The van der Waals surface area contributed by atoms with Gasteiger partial charge in [-0.2, -0.15) is 0 Å². The first-order valence-corrected chi connectivity index (χ1v) is 8.13. The first-order chi connectivity index (χ1) is 11.0. The highest BCUT2D eigenvalue weighted by atomic mass is 16.5. The van der Waals surface area contributed by atoms with E-state index in [9.17, 15) is 0 Å². The molecule has 1 aliphatic carbocycles. The molecule has 0 aliphatic heterocycles. The van der Waals surface area contributed by atoms with Crippen LogP contribution in [0.15, 0.2) is 17.8 Å². The molecule has 0 aromatic carbocycles. The minimum Gasteiger partial charge on any atom is -0.489 e. The van der Waals surface area contributed by atoms with E-state index in [1.165, 1.54) is 24.3 Å². The molecular weight excluding hydrogens is 292 g/mol. The van der Waals surface area contributed by atoms with Gasteiger partial charge in [0.1, 0.15) is 5.75 Å². The van der Waals surface area contributed by atoms with E-state index in [0.717, 1.165) is 24.3 Å². The van der Waals surface area contributed by atoms with Gasteiger partial charge in [0.15, 0.2) is 0 Å².